The summed E-state index contributed by atoms with van der Waals surface area (Å²) in [5.74, 6) is 1.90. The van der Waals surface area contributed by atoms with Gasteiger partial charge in [0.1, 0.15) is 5.82 Å². The van der Waals surface area contributed by atoms with E-state index in [2.05, 4.69) is 73.9 Å². The Labute approximate surface area is 172 Å². The Hall–Kier alpha value is -3.02. The van der Waals surface area contributed by atoms with Gasteiger partial charge in [0.15, 0.2) is 5.96 Å². The second kappa shape index (κ2) is 8.99. The highest BCUT2D eigenvalue weighted by Crippen LogP contribution is 2.20. The first-order chi connectivity index (χ1) is 14.2. The average Bonchev–Trinajstić information content (AvgIpc) is 3.41. The standard InChI is InChI=1S/C23H30N6/c1-17-5-6-20-19(16-27-21(20)13-17)8-10-26-23(24-2)28-15-18-7-9-25-22(14-18)29-11-3-4-12-29/h5-7,9,13-14,16,27H,3-4,8,10-12,15H2,1-2H3,(H2,24,26,28). The largest absolute Gasteiger partial charge is 0.361 e. The molecule has 1 saturated heterocycles. The summed E-state index contributed by atoms with van der Waals surface area (Å²) in [7, 11) is 1.81. The van der Waals surface area contributed by atoms with Crippen molar-refractivity contribution in [2.75, 3.05) is 31.6 Å². The van der Waals surface area contributed by atoms with Crippen LogP contribution in [0.25, 0.3) is 10.9 Å². The van der Waals surface area contributed by atoms with Gasteiger partial charge in [-0.15, -0.1) is 0 Å². The van der Waals surface area contributed by atoms with Crippen LogP contribution < -0.4 is 15.5 Å². The number of aliphatic imine (C=N–C) groups is 1. The van der Waals surface area contributed by atoms with E-state index in [9.17, 15) is 0 Å². The fourth-order valence-electron chi connectivity index (χ4n) is 3.92. The molecule has 6 nitrogen and oxygen atoms in total. The van der Waals surface area contributed by atoms with Gasteiger partial charge in [-0.3, -0.25) is 4.99 Å². The van der Waals surface area contributed by atoms with Crippen LogP contribution in [-0.2, 0) is 13.0 Å². The van der Waals surface area contributed by atoms with E-state index in [1.54, 1.807) is 0 Å². The zero-order valence-electron chi connectivity index (χ0n) is 17.3. The van der Waals surface area contributed by atoms with Gasteiger partial charge in [-0.25, -0.2) is 4.98 Å². The molecule has 152 valence electrons. The third kappa shape index (κ3) is 4.70. The van der Waals surface area contributed by atoms with Gasteiger partial charge in [0.05, 0.1) is 0 Å². The molecule has 0 spiro atoms. The van der Waals surface area contributed by atoms with Gasteiger partial charge >= 0.3 is 0 Å². The van der Waals surface area contributed by atoms with E-state index in [4.69, 9.17) is 0 Å². The summed E-state index contributed by atoms with van der Waals surface area (Å²) < 4.78 is 0. The van der Waals surface area contributed by atoms with Gasteiger partial charge in [0, 0.05) is 56.5 Å². The van der Waals surface area contributed by atoms with Crippen LogP contribution in [0.1, 0.15) is 29.5 Å². The van der Waals surface area contributed by atoms with Crippen LogP contribution in [0.3, 0.4) is 0 Å². The second-order valence-corrected chi connectivity index (χ2v) is 7.68. The first-order valence-electron chi connectivity index (χ1n) is 10.4. The molecule has 1 aliphatic rings. The van der Waals surface area contributed by atoms with Crippen LogP contribution >= 0.6 is 0 Å². The molecule has 0 atom stereocenters. The molecule has 1 fully saturated rings. The lowest BCUT2D eigenvalue weighted by atomic mass is 10.1. The van der Waals surface area contributed by atoms with E-state index in [-0.39, 0.29) is 0 Å². The molecule has 3 heterocycles. The number of fused-ring (bicyclic) bond motifs is 1. The Morgan fingerprint density at radius 3 is 2.86 bits per heavy atom. The Morgan fingerprint density at radius 1 is 1.17 bits per heavy atom. The molecule has 6 heteroatoms. The molecule has 1 aromatic carbocycles. The molecular weight excluding hydrogens is 360 g/mol. The minimum atomic E-state index is 0.732. The molecule has 0 radical (unpaired) electrons. The minimum absolute atomic E-state index is 0.732. The first kappa shape index (κ1) is 19.3. The maximum absolute atomic E-state index is 4.53. The van der Waals surface area contributed by atoms with Crippen molar-refractivity contribution in [3.8, 4) is 0 Å². The fourth-order valence-corrected chi connectivity index (χ4v) is 3.92. The lowest BCUT2D eigenvalue weighted by Crippen LogP contribution is -2.37. The monoisotopic (exact) mass is 390 g/mol. The predicted molar refractivity (Wildman–Crippen MR) is 121 cm³/mol. The number of nitrogens with zero attached hydrogens (tertiary/aromatic N) is 3. The molecule has 0 saturated carbocycles. The van der Waals surface area contributed by atoms with Crippen LogP contribution in [0.2, 0.25) is 0 Å². The molecule has 29 heavy (non-hydrogen) atoms. The number of anilines is 1. The first-order valence-corrected chi connectivity index (χ1v) is 10.4. The molecule has 0 unspecified atom stereocenters. The van der Waals surface area contributed by atoms with Gasteiger partial charge < -0.3 is 20.5 Å². The van der Waals surface area contributed by atoms with Crippen molar-refractivity contribution >= 4 is 22.7 Å². The van der Waals surface area contributed by atoms with Crippen molar-refractivity contribution in [1.82, 2.24) is 20.6 Å². The predicted octanol–water partition coefficient (Wildman–Crippen LogP) is 3.38. The van der Waals surface area contributed by atoms with Crippen molar-refractivity contribution in [3.63, 3.8) is 0 Å². The number of hydrogen-bond donors (Lipinski definition) is 3. The highest BCUT2D eigenvalue weighted by molar-refractivity contribution is 5.84. The van der Waals surface area contributed by atoms with Gasteiger partial charge in [0.2, 0.25) is 0 Å². The maximum Gasteiger partial charge on any atom is 0.191 e. The smallest absolute Gasteiger partial charge is 0.191 e. The minimum Gasteiger partial charge on any atom is -0.361 e. The van der Waals surface area contributed by atoms with Crippen molar-refractivity contribution in [2.24, 2.45) is 4.99 Å². The molecule has 3 aromatic rings. The SMILES string of the molecule is CN=C(NCCc1c[nH]c2cc(C)ccc12)NCc1ccnc(N2CCCC2)c1. The lowest BCUT2D eigenvalue weighted by Gasteiger charge is -2.17. The molecule has 3 N–H and O–H groups in total. The Kier molecular flexibility index (Phi) is 5.98. The van der Waals surface area contributed by atoms with E-state index < -0.39 is 0 Å². The van der Waals surface area contributed by atoms with E-state index >= 15 is 0 Å². The number of guanidine groups is 1. The molecular formula is C23H30N6. The number of benzene rings is 1. The summed E-state index contributed by atoms with van der Waals surface area (Å²) in [4.78, 5) is 14.6. The van der Waals surface area contributed by atoms with Crippen LogP contribution in [-0.4, -0.2) is 42.6 Å². The topological polar surface area (TPSA) is 68.3 Å². The lowest BCUT2D eigenvalue weighted by molar-refractivity contribution is 0.795. The zero-order valence-corrected chi connectivity index (χ0v) is 17.3. The van der Waals surface area contributed by atoms with Crippen LogP contribution in [0.4, 0.5) is 5.82 Å². The van der Waals surface area contributed by atoms with Crippen LogP contribution in [0.5, 0.6) is 0 Å². The highest BCUT2D eigenvalue weighted by Gasteiger charge is 2.13. The molecule has 1 aliphatic heterocycles. The number of nitrogens with one attached hydrogen (secondary N) is 3. The summed E-state index contributed by atoms with van der Waals surface area (Å²) >= 11 is 0. The summed E-state index contributed by atoms with van der Waals surface area (Å²) in [5, 5.41) is 8.13. The van der Waals surface area contributed by atoms with Crippen LogP contribution in [0.15, 0.2) is 47.7 Å². The third-order valence-corrected chi connectivity index (χ3v) is 5.53. The van der Waals surface area contributed by atoms with Crippen molar-refractivity contribution in [2.45, 2.75) is 32.7 Å². The molecule has 4 rings (SSSR count). The molecule has 0 amide bonds. The number of aryl methyl sites for hydroxylation is 1. The Morgan fingerprint density at radius 2 is 2.03 bits per heavy atom. The van der Waals surface area contributed by atoms with E-state index in [1.165, 1.54) is 40.4 Å². The Bertz CT molecular complexity index is 984. The van der Waals surface area contributed by atoms with Crippen molar-refractivity contribution in [1.29, 1.82) is 0 Å². The second-order valence-electron chi connectivity index (χ2n) is 7.68. The third-order valence-electron chi connectivity index (χ3n) is 5.53. The number of pyridine rings is 1. The number of rotatable bonds is 6. The normalized spacial score (nSPS) is 14.6. The summed E-state index contributed by atoms with van der Waals surface area (Å²) in [6.07, 6.45) is 7.48. The van der Waals surface area contributed by atoms with E-state index in [0.29, 0.717) is 0 Å². The molecule has 0 bridgehead atoms. The Balaban J connectivity index is 1.29. The van der Waals surface area contributed by atoms with Gasteiger partial charge in [-0.1, -0.05) is 12.1 Å². The summed E-state index contributed by atoms with van der Waals surface area (Å²) in [6.45, 7) is 5.90. The molecule has 0 aliphatic carbocycles. The van der Waals surface area contributed by atoms with E-state index in [1.807, 2.05) is 13.2 Å². The van der Waals surface area contributed by atoms with Gasteiger partial charge in [-0.2, -0.15) is 0 Å². The number of aromatic amines is 1. The average molecular weight is 391 g/mol. The number of hydrogen-bond acceptors (Lipinski definition) is 3. The zero-order chi connectivity index (χ0) is 20.1. The molecule has 2 aromatic heterocycles. The highest BCUT2D eigenvalue weighted by atomic mass is 15.2. The van der Waals surface area contributed by atoms with Gasteiger partial charge in [-0.05, 0) is 61.1 Å². The van der Waals surface area contributed by atoms with Gasteiger partial charge in [0.25, 0.3) is 0 Å². The van der Waals surface area contributed by atoms with Crippen molar-refractivity contribution in [3.05, 3.63) is 59.4 Å². The summed E-state index contributed by atoms with van der Waals surface area (Å²) in [5.41, 5.74) is 5.02. The quantitative estimate of drug-likeness (QED) is 0.446. The fraction of sp³-hybridized carbons (Fsp3) is 0.391. The van der Waals surface area contributed by atoms with Crippen molar-refractivity contribution < 1.29 is 0 Å². The number of H-pyrrole nitrogens is 1. The summed E-state index contributed by atoms with van der Waals surface area (Å²) in [6, 6.07) is 10.8. The van der Waals surface area contributed by atoms with Crippen LogP contribution in [0, 0.1) is 6.92 Å². The van der Waals surface area contributed by atoms with E-state index in [0.717, 1.165) is 44.4 Å². The number of aromatic nitrogens is 2. The maximum atomic E-state index is 4.53.